The third-order valence-electron chi connectivity index (χ3n) is 5.38. The Labute approximate surface area is 193 Å². The molecule has 30 heavy (non-hydrogen) atoms. The molecule has 2 bridgehead atoms. The van der Waals surface area contributed by atoms with Gasteiger partial charge in [-0.1, -0.05) is 40.9 Å². The molecule has 1 saturated heterocycles. The van der Waals surface area contributed by atoms with Crippen molar-refractivity contribution >= 4 is 58.0 Å². The van der Waals surface area contributed by atoms with Gasteiger partial charge in [-0.2, -0.15) is 0 Å². The number of aromatic nitrogens is 1. The third-order valence-corrected chi connectivity index (χ3v) is 6.41. The summed E-state index contributed by atoms with van der Waals surface area (Å²) in [5.74, 6) is 0.0158. The lowest BCUT2D eigenvalue weighted by Gasteiger charge is -2.44. The lowest BCUT2D eigenvalue weighted by molar-refractivity contribution is 0.0904. The second-order valence-corrected chi connectivity index (χ2v) is 10.2. The van der Waals surface area contributed by atoms with E-state index in [-0.39, 0.29) is 23.2 Å². The lowest BCUT2D eigenvalue weighted by atomic mass is 9.83. The Hall–Kier alpha value is -1.74. The fourth-order valence-electron chi connectivity index (χ4n) is 4.09. The highest BCUT2D eigenvalue weighted by Gasteiger charge is 2.39. The quantitative estimate of drug-likeness (QED) is 0.392. The molecular weight excluding hydrogens is 471 g/mol. The molecule has 1 fully saturated rings. The van der Waals surface area contributed by atoms with Crippen LogP contribution in [-0.4, -0.2) is 43.5 Å². The fourth-order valence-corrected chi connectivity index (χ4v) is 4.68. The average Bonchev–Trinajstić information content (AvgIpc) is 3.22. The lowest BCUT2D eigenvalue weighted by Crippen LogP contribution is -2.60. The van der Waals surface area contributed by atoms with Gasteiger partial charge in [0.05, 0.1) is 6.26 Å². The Morgan fingerprint density at radius 3 is 2.67 bits per heavy atom. The Morgan fingerprint density at radius 1 is 1.17 bits per heavy atom. The number of alkyl halides is 3. The smallest absolute Gasteiger partial charge is 0.288 e. The molecule has 7 nitrogen and oxygen atoms in total. The Kier molecular flexibility index (Phi) is 6.03. The predicted octanol–water partition coefficient (Wildman–Crippen LogP) is 2.86. The molecule has 2 aliphatic rings. The molecule has 2 N–H and O–H groups in total. The molecule has 0 aliphatic carbocycles. The zero-order valence-corrected chi connectivity index (χ0v) is 18.8. The number of fused-ring (bicyclic) bond motifs is 4. The zero-order valence-electron chi connectivity index (χ0n) is 15.7. The number of likely N-dealkylation sites (tertiary alicyclic amines) is 1. The largest absolute Gasteiger partial charge is 0.459 e. The number of hydrogen-bond donors (Lipinski definition) is 2. The number of furan rings is 1. The van der Waals surface area contributed by atoms with Crippen LogP contribution in [0.1, 0.15) is 28.6 Å². The van der Waals surface area contributed by atoms with Gasteiger partial charge in [0.15, 0.2) is 10.9 Å². The van der Waals surface area contributed by atoms with Gasteiger partial charge in [-0.15, -0.1) is 0 Å². The predicted molar refractivity (Wildman–Crippen MR) is 119 cm³/mol. The summed E-state index contributed by atoms with van der Waals surface area (Å²) in [5, 5.41) is 5.94. The molecule has 4 rings (SSSR count). The number of nitrogens with zero attached hydrogens (tertiary/aromatic N) is 2. The number of amides is 1. The first-order chi connectivity index (χ1) is 14.2. The van der Waals surface area contributed by atoms with Crippen molar-refractivity contribution in [3.8, 4) is 0 Å². The van der Waals surface area contributed by atoms with Crippen molar-refractivity contribution < 1.29 is 9.21 Å². The fraction of sp³-hybridized carbons (Fsp3) is 0.421. The number of piperidine rings is 1. The van der Waals surface area contributed by atoms with E-state index < -0.39 is 15.9 Å². The molecule has 0 spiro atoms. The summed E-state index contributed by atoms with van der Waals surface area (Å²) in [6.45, 7) is 1.94. The molecule has 4 heterocycles. The van der Waals surface area contributed by atoms with E-state index in [1.807, 2.05) is 15.5 Å². The van der Waals surface area contributed by atoms with Crippen molar-refractivity contribution in [2.24, 2.45) is 5.92 Å². The first-order valence-electron chi connectivity index (χ1n) is 9.38. The minimum absolute atomic E-state index is 0.0215. The number of carbonyl (C=O) groups excluding carboxylic acids is 1. The molecule has 2 aromatic rings. The monoisotopic (exact) mass is 488 g/mol. The normalized spacial score (nSPS) is 21.5. The molecule has 0 aromatic carbocycles. The van der Waals surface area contributed by atoms with Gasteiger partial charge < -0.3 is 24.5 Å². The van der Waals surface area contributed by atoms with E-state index in [2.05, 4.69) is 10.6 Å². The van der Waals surface area contributed by atoms with E-state index in [1.54, 1.807) is 18.2 Å². The van der Waals surface area contributed by atoms with Crippen LogP contribution in [0.5, 0.6) is 0 Å². The van der Waals surface area contributed by atoms with Crippen LogP contribution in [0.15, 0.2) is 45.8 Å². The summed E-state index contributed by atoms with van der Waals surface area (Å²) in [5.41, 5.74) is 1.03. The first kappa shape index (κ1) is 21.5. The number of thiocarbonyl (C=S) groups is 1. The maximum atomic E-state index is 12.3. The van der Waals surface area contributed by atoms with E-state index >= 15 is 0 Å². The van der Waals surface area contributed by atoms with Crippen LogP contribution < -0.4 is 16.2 Å². The van der Waals surface area contributed by atoms with Gasteiger partial charge in [0.2, 0.25) is 3.79 Å². The van der Waals surface area contributed by atoms with Gasteiger partial charge in [0, 0.05) is 37.3 Å². The van der Waals surface area contributed by atoms with Crippen LogP contribution in [0.4, 0.5) is 0 Å². The molecule has 3 atom stereocenters. The van der Waals surface area contributed by atoms with E-state index in [1.165, 1.54) is 12.3 Å². The van der Waals surface area contributed by atoms with E-state index in [0.29, 0.717) is 24.7 Å². The maximum Gasteiger partial charge on any atom is 0.288 e. The first-order valence-corrected chi connectivity index (χ1v) is 10.9. The van der Waals surface area contributed by atoms with E-state index in [4.69, 9.17) is 51.4 Å². The summed E-state index contributed by atoms with van der Waals surface area (Å²) in [7, 11) is 0. The Morgan fingerprint density at radius 2 is 1.97 bits per heavy atom. The van der Waals surface area contributed by atoms with Gasteiger partial charge >= 0.3 is 0 Å². The third kappa shape index (κ3) is 4.46. The second kappa shape index (κ2) is 8.42. The summed E-state index contributed by atoms with van der Waals surface area (Å²) < 4.78 is 5.08. The topological polar surface area (TPSA) is 79.5 Å². The van der Waals surface area contributed by atoms with Crippen LogP contribution in [0.3, 0.4) is 0 Å². The molecular formula is C19H19Cl3N4O3S. The highest BCUT2D eigenvalue weighted by molar-refractivity contribution is 7.80. The molecule has 160 valence electrons. The maximum absolute atomic E-state index is 12.3. The zero-order chi connectivity index (χ0) is 21.5. The molecule has 2 aliphatic heterocycles. The van der Waals surface area contributed by atoms with Crippen molar-refractivity contribution in [2.75, 3.05) is 13.1 Å². The van der Waals surface area contributed by atoms with Crippen LogP contribution in [0.2, 0.25) is 0 Å². The molecule has 1 unspecified atom stereocenters. The minimum Gasteiger partial charge on any atom is -0.459 e. The SMILES string of the molecule is O=C(NC(NC(=S)N1C[C@H]2C[C@@H](C1)c1cccc(=O)n1C2)C(Cl)(Cl)Cl)c1ccco1. The number of pyridine rings is 1. The van der Waals surface area contributed by atoms with Gasteiger partial charge in [0.1, 0.15) is 6.17 Å². The average molecular weight is 490 g/mol. The number of nitrogens with one attached hydrogen (secondary N) is 2. The van der Waals surface area contributed by atoms with Crippen LogP contribution in [0, 0.1) is 5.92 Å². The number of rotatable bonds is 3. The second-order valence-electron chi connectivity index (χ2n) is 7.48. The highest BCUT2D eigenvalue weighted by atomic mass is 35.6. The van der Waals surface area contributed by atoms with Gasteiger partial charge in [-0.05, 0) is 42.8 Å². The van der Waals surface area contributed by atoms with E-state index in [0.717, 1.165) is 12.1 Å². The van der Waals surface area contributed by atoms with Crippen molar-refractivity contribution in [1.29, 1.82) is 0 Å². The molecule has 1 amide bonds. The van der Waals surface area contributed by atoms with Crippen LogP contribution in [0.25, 0.3) is 0 Å². The minimum atomic E-state index is -1.85. The van der Waals surface area contributed by atoms with Crippen LogP contribution in [-0.2, 0) is 6.54 Å². The highest BCUT2D eigenvalue weighted by Crippen LogP contribution is 2.35. The Bertz CT molecular complexity index is 1010. The number of hydrogen-bond acceptors (Lipinski definition) is 4. The summed E-state index contributed by atoms with van der Waals surface area (Å²) in [6.07, 6.45) is 1.31. The standard InChI is InChI=1S/C19H19Cl3N4O3S/c20-19(21,22)17(23-16(28)14-4-2-6-29-14)24-18(30)25-8-11-7-12(10-25)13-3-1-5-15(27)26(13)9-11/h1-6,11-12,17H,7-10H2,(H,23,28)(H,24,30)/t11-,12+,17?/m1/s1. The molecule has 11 heteroatoms. The van der Waals surface area contributed by atoms with Crippen molar-refractivity contribution in [3.63, 3.8) is 0 Å². The Balaban J connectivity index is 1.47. The van der Waals surface area contributed by atoms with Gasteiger partial charge in [-0.25, -0.2) is 0 Å². The van der Waals surface area contributed by atoms with Crippen molar-refractivity contribution in [2.45, 2.75) is 28.8 Å². The molecule has 0 radical (unpaired) electrons. The van der Waals surface area contributed by atoms with Gasteiger partial charge in [-0.3, -0.25) is 9.59 Å². The van der Waals surface area contributed by atoms with Gasteiger partial charge in [0.25, 0.3) is 11.5 Å². The van der Waals surface area contributed by atoms with Crippen LogP contribution >= 0.6 is 47.0 Å². The molecule has 2 aromatic heterocycles. The van der Waals surface area contributed by atoms with Crippen molar-refractivity contribution in [1.82, 2.24) is 20.1 Å². The summed E-state index contributed by atoms with van der Waals surface area (Å²) in [6, 6.07) is 8.45. The molecule has 0 saturated carbocycles. The number of halogens is 3. The van der Waals surface area contributed by atoms with Crippen molar-refractivity contribution in [3.05, 3.63) is 58.4 Å². The van der Waals surface area contributed by atoms with E-state index in [9.17, 15) is 9.59 Å². The number of carbonyl (C=O) groups is 1. The summed E-state index contributed by atoms with van der Waals surface area (Å²) in [4.78, 5) is 26.5. The summed E-state index contributed by atoms with van der Waals surface area (Å²) >= 11 is 23.8.